The minimum atomic E-state index is 0.150. The highest BCUT2D eigenvalue weighted by Gasteiger charge is 2.25. The van der Waals surface area contributed by atoms with Gasteiger partial charge in [0.1, 0.15) is 0 Å². The molecule has 54 valence electrons. The van der Waals surface area contributed by atoms with Crippen LogP contribution in [0, 0.1) is 5.92 Å². The fourth-order valence-electron chi connectivity index (χ4n) is 1.85. The van der Waals surface area contributed by atoms with Crippen LogP contribution in [0.25, 0.3) is 0 Å². The molecule has 0 aromatic carbocycles. The Morgan fingerprint density at radius 3 is 2.56 bits per heavy atom. The van der Waals surface area contributed by atoms with Crippen LogP contribution in [-0.2, 0) is 0 Å². The second-order valence-corrected chi connectivity index (χ2v) is 3.86. The lowest BCUT2D eigenvalue weighted by Gasteiger charge is -2.33. The number of rotatable bonds is 0. The van der Waals surface area contributed by atoms with Crippen LogP contribution in [0.4, 0.5) is 0 Å². The largest absolute Gasteiger partial charge is 0.325 e. The number of hydrogen-bond donors (Lipinski definition) is 1. The minimum Gasteiger partial charge on any atom is -0.325 e. The molecule has 1 rings (SSSR count). The van der Waals surface area contributed by atoms with Gasteiger partial charge in [-0.15, -0.1) is 0 Å². The summed E-state index contributed by atoms with van der Waals surface area (Å²) >= 11 is 0. The summed E-state index contributed by atoms with van der Waals surface area (Å²) < 4.78 is 0. The molecule has 0 heterocycles. The van der Waals surface area contributed by atoms with Crippen molar-refractivity contribution in [2.45, 2.75) is 45.1 Å². The summed E-state index contributed by atoms with van der Waals surface area (Å²) in [4.78, 5) is 0. The van der Waals surface area contributed by atoms with Crippen molar-refractivity contribution in [3.05, 3.63) is 0 Å². The molecule has 9 heavy (non-hydrogen) atoms. The van der Waals surface area contributed by atoms with Gasteiger partial charge in [0.15, 0.2) is 0 Å². The molecule has 0 amide bonds. The van der Waals surface area contributed by atoms with Crippen LogP contribution in [0.3, 0.4) is 0 Å². The second-order valence-electron chi connectivity index (χ2n) is 3.86. The summed E-state index contributed by atoms with van der Waals surface area (Å²) in [6.45, 7) is 4.47. The number of hydrogen-bond acceptors (Lipinski definition) is 1. The Kier molecular flexibility index (Phi) is 1.80. The number of nitrogens with two attached hydrogens (primary N) is 1. The first kappa shape index (κ1) is 7.07. The van der Waals surface area contributed by atoms with Gasteiger partial charge in [-0.25, -0.2) is 0 Å². The Bertz CT molecular complexity index is 96.7. The lowest BCUT2D eigenvalue weighted by atomic mass is 9.78. The van der Waals surface area contributed by atoms with Gasteiger partial charge in [0.25, 0.3) is 0 Å². The summed E-state index contributed by atoms with van der Waals surface area (Å²) in [5.41, 5.74) is 6.12. The maximum atomic E-state index is 5.97. The smallest absolute Gasteiger partial charge is 0.0128 e. The quantitative estimate of drug-likeness (QED) is 0.528. The predicted octanol–water partition coefficient (Wildman–Crippen LogP) is 1.91. The summed E-state index contributed by atoms with van der Waals surface area (Å²) in [5.74, 6) is 0.855. The molecule has 0 spiro atoms. The summed E-state index contributed by atoms with van der Waals surface area (Å²) in [6.07, 6.45) is 5.14. The van der Waals surface area contributed by atoms with Crippen molar-refractivity contribution in [3.63, 3.8) is 0 Å². The summed E-state index contributed by atoms with van der Waals surface area (Å²) in [7, 11) is 0. The molecule has 1 saturated carbocycles. The highest BCUT2D eigenvalue weighted by atomic mass is 14.7. The van der Waals surface area contributed by atoms with Gasteiger partial charge in [-0.05, 0) is 25.7 Å². The van der Waals surface area contributed by atoms with Crippen LogP contribution in [0.2, 0.25) is 0 Å². The SMILES string of the molecule is CC1CCC[C@@](C)(N)C1. The Hall–Kier alpha value is -0.0400. The van der Waals surface area contributed by atoms with E-state index in [1.807, 2.05) is 0 Å². The average Bonchev–Trinajstić information content (AvgIpc) is 1.60. The van der Waals surface area contributed by atoms with E-state index in [0.717, 1.165) is 5.92 Å². The van der Waals surface area contributed by atoms with E-state index in [4.69, 9.17) is 5.73 Å². The van der Waals surface area contributed by atoms with E-state index in [0.29, 0.717) is 0 Å². The normalized spacial score (nSPS) is 45.0. The maximum absolute atomic E-state index is 5.97. The Labute approximate surface area is 57.6 Å². The van der Waals surface area contributed by atoms with Crippen LogP contribution >= 0.6 is 0 Å². The highest BCUT2D eigenvalue weighted by molar-refractivity contribution is 4.84. The average molecular weight is 127 g/mol. The van der Waals surface area contributed by atoms with E-state index < -0.39 is 0 Å². The third-order valence-electron chi connectivity index (χ3n) is 2.26. The van der Waals surface area contributed by atoms with Gasteiger partial charge >= 0.3 is 0 Å². The van der Waals surface area contributed by atoms with Crippen LogP contribution in [-0.4, -0.2) is 5.54 Å². The standard InChI is InChI=1S/C8H17N/c1-7-4-3-5-8(2,9)6-7/h7H,3-6,9H2,1-2H3/t7?,8-/m1/s1. The van der Waals surface area contributed by atoms with Crippen LogP contribution in [0.15, 0.2) is 0 Å². The first-order valence-electron chi connectivity index (χ1n) is 3.89. The molecule has 2 N–H and O–H groups in total. The molecular weight excluding hydrogens is 110 g/mol. The summed E-state index contributed by atoms with van der Waals surface area (Å²) in [5, 5.41) is 0. The Morgan fingerprint density at radius 2 is 2.22 bits per heavy atom. The third-order valence-corrected chi connectivity index (χ3v) is 2.26. The third kappa shape index (κ3) is 1.98. The van der Waals surface area contributed by atoms with Gasteiger partial charge in [-0.1, -0.05) is 19.8 Å². The van der Waals surface area contributed by atoms with E-state index in [-0.39, 0.29) is 5.54 Å². The monoisotopic (exact) mass is 127 g/mol. The topological polar surface area (TPSA) is 26.0 Å². The van der Waals surface area contributed by atoms with Crippen LogP contribution in [0.5, 0.6) is 0 Å². The molecule has 1 unspecified atom stereocenters. The fraction of sp³-hybridized carbons (Fsp3) is 1.00. The van der Waals surface area contributed by atoms with Crippen molar-refractivity contribution in [3.8, 4) is 0 Å². The van der Waals surface area contributed by atoms with Gasteiger partial charge in [-0.3, -0.25) is 0 Å². The lowest BCUT2D eigenvalue weighted by Crippen LogP contribution is -2.40. The molecule has 0 radical (unpaired) electrons. The Balaban J connectivity index is 2.41. The van der Waals surface area contributed by atoms with E-state index >= 15 is 0 Å². The minimum absolute atomic E-state index is 0.150. The molecule has 1 nitrogen and oxygen atoms in total. The van der Waals surface area contributed by atoms with Crippen molar-refractivity contribution < 1.29 is 0 Å². The van der Waals surface area contributed by atoms with Gasteiger partial charge in [-0.2, -0.15) is 0 Å². The van der Waals surface area contributed by atoms with Crippen molar-refractivity contribution in [2.24, 2.45) is 11.7 Å². The zero-order chi connectivity index (χ0) is 6.91. The molecule has 1 aliphatic carbocycles. The van der Waals surface area contributed by atoms with E-state index in [1.54, 1.807) is 0 Å². The van der Waals surface area contributed by atoms with E-state index in [9.17, 15) is 0 Å². The van der Waals surface area contributed by atoms with E-state index in [1.165, 1.54) is 25.7 Å². The zero-order valence-electron chi connectivity index (χ0n) is 6.48. The van der Waals surface area contributed by atoms with Crippen molar-refractivity contribution in [2.75, 3.05) is 0 Å². The van der Waals surface area contributed by atoms with Gasteiger partial charge in [0, 0.05) is 5.54 Å². The van der Waals surface area contributed by atoms with Gasteiger partial charge in [0.2, 0.25) is 0 Å². The second kappa shape index (κ2) is 2.30. The van der Waals surface area contributed by atoms with Gasteiger partial charge in [0.05, 0.1) is 0 Å². The molecule has 1 aliphatic rings. The predicted molar refractivity (Wildman–Crippen MR) is 40.2 cm³/mol. The molecular formula is C8H17N. The molecule has 0 aromatic heterocycles. The lowest BCUT2D eigenvalue weighted by molar-refractivity contribution is 0.256. The van der Waals surface area contributed by atoms with Crippen molar-refractivity contribution in [1.29, 1.82) is 0 Å². The molecule has 0 saturated heterocycles. The van der Waals surface area contributed by atoms with Crippen molar-refractivity contribution >= 4 is 0 Å². The molecule has 1 heteroatoms. The maximum Gasteiger partial charge on any atom is 0.0128 e. The fourth-order valence-corrected chi connectivity index (χ4v) is 1.85. The molecule has 1 fully saturated rings. The van der Waals surface area contributed by atoms with Crippen molar-refractivity contribution in [1.82, 2.24) is 0 Å². The van der Waals surface area contributed by atoms with Crippen LogP contribution < -0.4 is 5.73 Å². The Morgan fingerprint density at radius 1 is 1.56 bits per heavy atom. The first-order chi connectivity index (χ1) is 4.10. The summed E-state index contributed by atoms with van der Waals surface area (Å²) in [6, 6.07) is 0. The molecule has 0 aliphatic heterocycles. The van der Waals surface area contributed by atoms with Crippen LogP contribution in [0.1, 0.15) is 39.5 Å². The molecule has 2 atom stereocenters. The molecule has 0 bridgehead atoms. The van der Waals surface area contributed by atoms with E-state index in [2.05, 4.69) is 13.8 Å². The first-order valence-corrected chi connectivity index (χ1v) is 3.89. The highest BCUT2D eigenvalue weighted by Crippen LogP contribution is 2.29. The molecule has 0 aromatic rings. The van der Waals surface area contributed by atoms with Gasteiger partial charge < -0.3 is 5.73 Å². The zero-order valence-corrected chi connectivity index (χ0v) is 6.48.